The number of carboxylic acids is 1. The molecule has 0 spiro atoms. The zero-order valence-corrected chi connectivity index (χ0v) is 15.6. The zero-order chi connectivity index (χ0) is 16.8. The maximum Gasteiger partial charge on any atom is 0.334 e. The summed E-state index contributed by atoms with van der Waals surface area (Å²) in [5.74, 6) is 0.116. The lowest BCUT2D eigenvalue weighted by Gasteiger charge is -2.32. The highest BCUT2D eigenvalue weighted by atomic mass is 32.2. The highest BCUT2D eigenvalue weighted by Crippen LogP contribution is 2.30. The van der Waals surface area contributed by atoms with E-state index in [4.69, 9.17) is 0 Å². The summed E-state index contributed by atoms with van der Waals surface area (Å²) in [6.07, 6.45) is 7.67. The van der Waals surface area contributed by atoms with Gasteiger partial charge in [-0.3, -0.25) is 0 Å². The molecule has 24 heavy (non-hydrogen) atoms. The van der Waals surface area contributed by atoms with Gasteiger partial charge in [-0.25, -0.2) is 4.79 Å². The Bertz CT molecular complexity index is 705. The van der Waals surface area contributed by atoms with Gasteiger partial charge in [0.1, 0.15) is 5.37 Å². The topological polar surface area (TPSA) is 40.5 Å². The standard InChI is InChI=1S/C18H19NO2S3/c20-18(21)16-6-1-8-19(12-15-5-3-9-23-15)17(16)24-10-2-4-14-7-11-22-13-14/h1,3,5-9,11,13,17H,2,4,10,12H2,(H,20,21). The first-order valence-electron chi connectivity index (χ1n) is 7.76. The lowest BCUT2D eigenvalue weighted by atomic mass is 10.2. The minimum absolute atomic E-state index is 0.128. The number of rotatable bonds is 8. The fourth-order valence-corrected chi connectivity index (χ4v) is 5.23. The van der Waals surface area contributed by atoms with Crippen LogP contribution in [0.25, 0.3) is 0 Å². The van der Waals surface area contributed by atoms with Crippen molar-refractivity contribution < 1.29 is 9.90 Å². The minimum atomic E-state index is -0.828. The molecule has 6 heteroatoms. The van der Waals surface area contributed by atoms with Crippen molar-refractivity contribution in [3.8, 4) is 0 Å². The van der Waals surface area contributed by atoms with E-state index in [-0.39, 0.29) is 5.37 Å². The molecule has 0 aromatic carbocycles. The fourth-order valence-electron chi connectivity index (χ4n) is 2.58. The number of thiophene rings is 2. The molecule has 2 aromatic rings. The van der Waals surface area contributed by atoms with Gasteiger partial charge in [0.15, 0.2) is 0 Å². The number of carboxylic acid groups (broad SMARTS) is 1. The van der Waals surface area contributed by atoms with Crippen molar-refractivity contribution >= 4 is 40.4 Å². The first-order chi connectivity index (χ1) is 11.7. The van der Waals surface area contributed by atoms with Gasteiger partial charge in [-0.05, 0) is 64.6 Å². The molecule has 0 saturated heterocycles. The maximum absolute atomic E-state index is 11.6. The molecule has 0 fully saturated rings. The molecule has 0 saturated carbocycles. The Labute approximate surface area is 154 Å². The quantitative estimate of drug-likeness (QED) is 0.668. The molecule has 0 radical (unpaired) electrons. The highest BCUT2D eigenvalue weighted by Gasteiger charge is 2.27. The van der Waals surface area contributed by atoms with E-state index in [2.05, 4.69) is 33.2 Å². The molecule has 3 nitrogen and oxygen atoms in total. The van der Waals surface area contributed by atoms with Gasteiger partial charge in [-0.1, -0.05) is 6.07 Å². The summed E-state index contributed by atoms with van der Waals surface area (Å²) < 4.78 is 0. The first kappa shape index (κ1) is 17.3. The van der Waals surface area contributed by atoms with E-state index in [1.807, 2.05) is 18.3 Å². The second-order valence-corrected chi connectivity index (χ2v) is 8.48. The average molecular weight is 378 g/mol. The molecule has 3 rings (SSSR count). The molecular formula is C18H19NO2S3. The summed E-state index contributed by atoms with van der Waals surface area (Å²) in [5, 5.41) is 15.7. The number of carbonyl (C=O) groups is 1. The van der Waals surface area contributed by atoms with Crippen LogP contribution in [0.2, 0.25) is 0 Å². The largest absolute Gasteiger partial charge is 0.478 e. The van der Waals surface area contributed by atoms with Crippen molar-refractivity contribution in [2.24, 2.45) is 0 Å². The number of aliphatic carboxylic acids is 1. The zero-order valence-electron chi connectivity index (χ0n) is 13.1. The lowest BCUT2D eigenvalue weighted by Crippen LogP contribution is -2.34. The summed E-state index contributed by atoms with van der Waals surface area (Å²) >= 11 is 5.15. The third-order valence-corrected chi connectivity index (χ3v) is 6.71. The molecule has 0 aliphatic carbocycles. The Kier molecular flexibility index (Phi) is 6.18. The van der Waals surface area contributed by atoms with E-state index in [0.29, 0.717) is 5.57 Å². The molecular weight excluding hydrogens is 358 g/mol. The summed E-state index contributed by atoms with van der Waals surface area (Å²) in [5.41, 5.74) is 1.84. The van der Waals surface area contributed by atoms with E-state index in [1.54, 1.807) is 40.5 Å². The third kappa shape index (κ3) is 4.53. The monoisotopic (exact) mass is 377 g/mol. The van der Waals surface area contributed by atoms with Crippen LogP contribution in [0, 0.1) is 0 Å². The molecule has 1 N–H and O–H groups in total. The van der Waals surface area contributed by atoms with Crippen molar-refractivity contribution in [3.05, 3.63) is 68.7 Å². The molecule has 1 aliphatic rings. The molecule has 1 unspecified atom stereocenters. The van der Waals surface area contributed by atoms with Crippen molar-refractivity contribution in [1.29, 1.82) is 0 Å². The highest BCUT2D eigenvalue weighted by molar-refractivity contribution is 8.00. The number of thioether (sulfide) groups is 1. The van der Waals surface area contributed by atoms with Crippen molar-refractivity contribution in [2.45, 2.75) is 24.8 Å². The number of hydrogen-bond donors (Lipinski definition) is 1. The Morgan fingerprint density at radius 1 is 1.33 bits per heavy atom. The van der Waals surface area contributed by atoms with Crippen LogP contribution >= 0.6 is 34.4 Å². The average Bonchev–Trinajstić information content (AvgIpc) is 3.26. The Morgan fingerprint density at radius 2 is 2.25 bits per heavy atom. The van der Waals surface area contributed by atoms with Crippen LogP contribution in [0.1, 0.15) is 16.9 Å². The first-order valence-corrected chi connectivity index (χ1v) is 10.6. The van der Waals surface area contributed by atoms with E-state index in [9.17, 15) is 9.90 Å². The van der Waals surface area contributed by atoms with Crippen LogP contribution in [0.4, 0.5) is 0 Å². The van der Waals surface area contributed by atoms with Crippen molar-refractivity contribution in [3.63, 3.8) is 0 Å². The Hall–Kier alpha value is -1.50. The molecule has 1 aliphatic heterocycles. The van der Waals surface area contributed by atoms with E-state index in [0.717, 1.165) is 25.1 Å². The molecule has 3 heterocycles. The molecule has 1 atom stereocenters. The number of hydrogen-bond acceptors (Lipinski definition) is 5. The molecule has 2 aromatic heterocycles. The summed E-state index contributed by atoms with van der Waals surface area (Å²) in [4.78, 5) is 15.0. The van der Waals surface area contributed by atoms with Crippen molar-refractivity contribution in [1.82, 2.24) is 4.90 Å². The maximum atomic E-state index is 11.6. The summed E-state index contributed by atoms with van der Waals surface area (Å²) in [7, 11) is 0. The van der Waals surface area contributed by atoms with Crippen LogP contribution in [-0.2, 0) is 17.8 Å². The predicted octanol–water partition coefficient (Wildman–Crippen LogP) is 4.84. The lowest BCUT2D eigenvalue weighted by molar-refractivity contribution is -0.133. The van der Waals surface area contributed by atoms with E-state index >= 15 is 0 Å². The van der Waals surface area contributed by atoms with Gasteiger partial charge in [0.05, 0.1) is 12.1 Å². The normalized spacial score (nSPS) is 17.1. The van der Waals surface area contributed by atoms with E-state index < -0.39 is 5.97 Å². The molecule has 0 bridgehead atoms. The minimum Gasteiger partial charge on any atom is -0.478 e. The van der Waals surface area contributed by atoms with Gasteiger partial charge in [0.2, 0.25) is 0 Å². The van der Waals surface area contributed by atoms with Gasteiger partial charge in [0, 0.05) is 11.1 Å². The predicted molar refractivity (Wildman–Crippen MR) is 104 cm³/mol. The number of nitrogens with zero attached hydrogens (tertiary/aromatic N) is 1. The number of allylic oxidation sites excluding steroid dienone is 2. The van der Waals surface area contributed by atoms with E-state index in [1.165, 1.54) is 10.4 Å². The van der Waals surface area contributed by atoms with Gasteiger partial charge >= 0.3 is 5.97 Å². The Morgan fingerprint density at radius 3 is 2.96 bits per heavy atom. The van der Waals surface area contributed by atoms with Crippen LogP contribution in [0.5, 0.6) is 0 Å². The number of aryl methyl sites for hydroxylation is 1. The molecule has 126 valence electrons. The van der Waals surface area contributed by atoms with Gasteiger partial charge < -0.3 is 10.0 Å². The third-order valence-electron chi connectivity index (χ3n) is 3.75. The molecule has 0 amide bonds. The van der Waals surface area contributed by atoms with Gasteiger partial charge in [-0.2, -0.15) is 11.3 Å². The van der Waals surface area contributed by atoms with Crippen LogP contribution < -0.4 is 0 Å². The Balaban J connectivity index is 1.61. The second kappa shape index (κ2) is 8.55. The van der Waals surface area contributed by atoms with Gasteiger partial charge in [-0.15, -0.1) is 23.1 Å². The smallest absolute Gasteiger partial charge is 0.334 e. The summed E-state index contributed by atoms with van der Waals surface area (Å²) in [6.45, 7) is 0.751. The van der Waals surface area contributed by atoms with Crippen LogP contribution in [0.15, 0.2) is 58.3 Å². The van der Waals surface area contributed by atoms with Crippen LogP contribution in [0.3, 0.4) is 0 Å². The van der Waals surface area contributed by atoms with Gasteiger partial charge in [0.25, 0.3) is 0 Å². The fraction of sp³-hybridized carbons (Fsp3) is 0.278. The second-order valence-electron chi connectivity index (χ2n) is 5.48. The SMILES string of the molecule is O=C(O)C1=CC=CN(Cc2cccs2)C1SCCCc1ccsc1. The van der Waals surface area contributed by atoms with Crippen molar-refractivity contribution in [2.75, 3.05) is 5.75 Å². The van der Waals surface area contributed by atoms with Crippen LogP contribution in [-0.4, -0.2) is 27.1 Å². The summed E-state index contributed by atoms with van der Waals surface area (Å²) in [6, 6.07) is 6.28.